The SMILES string of the molecule is Cc1cc(CC(=O)Nc2ccc(S(N)(=O)=O)cc2)cc(Oc2cc(C#N)ccc2Cl)c1. The predicted molar refractivity (Wildman–Crippen MR) is 118 cm³/mol. The lowest BCUT2D eigenvalue weighted by molar-refractivity contribution is -0.115. The molecule has 3 N–H and O–H groups in total. The molecule has 1 amide bonds. The van der Waals surface area contributed by atoms with E-state index in [1.807, 2.05) is 19.1 Å². The van der Waals surface area contributed by atoms with Gasteiger partial charge >= 0.3 is 0 Å². The third kappa shape index (κ3) is 6.06. The average molecular weight is 456 g/mol. The number of rotatable bonds is 6. The van der Waals surface area contributed by atoms with Crippen molar-refractivity contribution >= 4 is 33.2 Å². The molecule has 9 heteroatoms. The fourth-order valence-corrected chi connectivity index (χ4v) is 3.55. The minimum Gasteiger partial charge on any atom is -0.456 e. The molecule has 0 aromatic heterocycles. The number of nitrogens with zero attached hydrogens (tertiary/aromatic N) is 1. The van der Waals surface area contributed by atoms with E-state index in [0.29, 0.717) is 33.3 Å². The Morgan fingerprint density at radius 3 is 2.48 bits per heavy atom. The quantitative estimate of drug-likeness (QED) is 0.578. The smallest absolute Gasteiger partial charge is 0.238 e. The van der Waals surface area contributed by atoms with Crippen LogP contribution in [-0.4, -0.2) is 14.3 Å². The number of benzene rings is 3. The van der Waals surface area contributed by atoms with Crippen LogP contribution in [0.3, 0.4) is 0 Å². The Kier molecular flexibility index (Phi) is 6.61. The van der Waals surface area contributed by atoms with Gasteiger partial charge in [-0.15, -0.1) is 0 Å². The van der Waals surface area contributed by atoms with Gasteiger partial charge in [-0.2, -0.15) is 5.26 Å². The zero-order valence-corrected chi connectivity index (χ0v) is 18.0. The number of amides is 1. The minimum absolute atomic E-state index is 0.0369. The molecule has 3 aromatic carbocycles. The summed E-state index contributed by atoms with van der Waals surface area (Å²) in [5, 5.41) is 17.2. The van der Waals surface area contributed by atoms with Crippen molar-refractivity contribution in [2.75, 3.05) is 5.32 Å². The van der Waals surface area contributed by atoms with E-state index in [9.17, 15) is 13.2 Å². The first-order valence-corrected chi connectivity index (χ1v) is 11.0. The predicted octanol–water partition coefficient (Wildman–Crippen LogP) is 4.14. The van der Waals surface area contributed by atoms with Crippen LogP contribution in [0.5, 0.6) is 11.5 Å². The first-order valence-electron chi connectivity index (χ1n) is 9.05. The fraction of sp³-hybridized carbons (Fsp3) is 0.0909. The van der Waals surface area contributed by atoms with Crippen LogP contribution in [0.2, 0.25) is 5.02 Å². The van der Waals surface area contributed by atoms with Crippen molar-refractivity contribution in [2.45, 2.75) is 18.2 Å². The summed E-state index contributed by atoms with van der Waals surface area (Å²) in [6.45, 7) is 1.87. The highest BCUT2D eigenvalue weighted by molar-refractivity contribution is 7.89. The summed E-state index contributed by atoms with van der Waals surface area (Å²) in [6.07, 6.45) is 0.0704. The van der Waals surface area contributed by atoms with Crippen molar-refractivity contribution in [3.8, 4) is 17.6 Å². The van der Waals surface area contributed by atoms with Crippen molar-refractivity contribution in [1.29, 1.82) is 5.26 Å². The molecule has 0 bridgehead atoms. The Hall–Kier alpha value is -3.38. The summed E-state index contributed by atoms with van der Waals surface area (Å²) in [7, 11) is -3.79. The second-order valence-electron chi connectivity index (χ2n) is 6.81. The second kappa shape index (κ2) is 9.18. The molecule has 158 valence electrons. The molecule has 0 aliphatic carbocycles. The van der Waals surface area contributed by atoms with Gasteiger partial charge in [0.15, 0.2) is 0 Å². The molecule has 0 radical (unpaired) electrons. The zero-order valence-electron chi connectivity index (χ0n) is 16.4. The van der Waals surface area contributed by atoms with E-state index in [-0.39, 0.29) is 17.2 Å². The Labute approximate surface area is 185 Å². The number of hydrogen-bond donors (Lipinski definition) is 2. The van der Waals surface area contributed by atoms with Gasteiger partial charge in [-0.05, 0) is 66.6 Å². The molecule has 0 aliphatic heterocycles. The van der Waals surface area contributed by atoms with E-state index in [1.165, 1.54) is 24.3 Å². The molecule has 0 atom stereocenters. The van der Waals surface area contributed by atoms with Crippen molar-refractivity contribution in [3.05, 3.63) is 82.4 Å². The minimum atomic E-state index is -3.79. The lowest BCUT2D eigenvalue weighted by atomic mass is 10.1. The van der Waals surface area contributed by atoms with Crippen LogP contribution < -0.4 is 15.2 Å². The maximum absolute atomic E-state index is 12.4. The van der Waals surface area contributed by atoms with Gasteiger partial charge in [0.05, 0.1) is 28.0 Å². The number of aryl methyl sites for hydroxylation is 1. The number of sulfonamides is 1. The number of nitrogens with one attached hydrogen (secondary N) is 1. The molecule has 0 heterocycles. The number of carbonyl (C=O) groups excluding carboxylic acids is 1. The van der Waals surface area contributed by atoms with E-state index in [2.05, 4.69) is 5.32 Å². The van der Waals surface area contributed by atoms with Crippen LogP contribution in [0.4, 0.5) is 5.69 Å². The third-order valence-corrected chi connectivity index (χ3v) is 5.47. The second-order valence-corrected chi connectivity index (χ2v) is 8.78. The molecule has 3 aromatic rings. The van der Waals surface area contributed by atoms with Gasteiger partial charge in [0.2, 0.25) is 15.9 Å². The summed E-state index contributed by atoms with van der Waals surface area (Å²) in [4.78, 5) is 12.4. The largest absolute Gasteiger partial charge is 0.456 e. The van der Waals surface area contributed by atoms with E-state index < -0.39 is 10.0 Å². The molecular weight excluding hydrogens is 438 g/mol. The standard InChI is InChI=1S/C22H18ClN3O4S/c1-14-8-16(10-18(9-14)30-21-11-15(13-24)2-7-20(21)23)12-22(27)26-17-3-5-19(6-4-17)31(25,28)29/h2-11H,12H2,1H3,(H,26,27)(H2,25,28,29). The van der Waals surface area contributed by atoms with Crippen LogP contribution >= 0.6 is 11.6 Å². The number of hydrogen-bond acceptors (Lipinski definition) is 5. The van der Waals surface area contributed by atoms with Crippen molar-refractivity contribution in [3.63, 3.8) is 0 Å². The maximum Gasteiger partial charge on any atom is 0.238 e. The Morgan fingerprint density at radius 1 is 1.13 bits per heavy atom. The molecular formula is C22H18ClN3O4S. The fourth-order valence-electron chi connectivity index (χ4n) is 2.88. The van der Waals surface area contributed by atoms with Gasteiger partial charge in [-0.25, -0.2) is 13.6 Å². The zero-order chi connectivity index (χ0) is 22.6. The normalized spacial score (nSPS) is 10.9. The number of anilines is 1. The third-order valence-electron chi connectivity index (χ3n) is 4.23. The van der Waals surface area contributed by atoms with Crippen molar-refractivity contribution in [2.24, 2.45) is 5.14 Å². The van der Waals surface area contributed by atoms with Crippen LogP contribution in [-0.2, 0) is 21.2 Å². The number of nitrogens with two attached hydrogens (primary N) is 1. The Morgan fingerprint density at radius 2 is 1.84 bits per heavy atom. The summed E-state index contributed by atoms with van der Waals surface area (Å²) in [5.74, 6) is 0.540. The first-order chi connectivity index (χ1) is 14.6. The lowest BCUT2D eigenvalue weighted by Gasteiger charge is -2.11. The summed E-state index contributed by atoms with van der Waals surface area (Å²) in [6, 6.07) is 17.7. The Balaban J connectivity index is 1.73. The van der Waals surface area contributed by atoms with Crippen LogP contribution in [0.25, 0.3) is 0 Å². The van der Waals surface area contributed by atoms with Gasteiger partial charge in [0, 0.05) is 11.8 Å². The molecule has 0 fully saturated rings. The highest BCUT2D eigenvalue weighted by Gasteiger charge is 2.11. The van der Waals surface area contributed by atoms with Gasteiger partial charge in [-0.3, -0.25) is 4.79 Å². The van der Waals surface area contributed by atoms with E-state index in [1.54, 1.807) is 30.3 Å². The van der Waals surface area contributed by atoms with Gasteiger partial charge < -0.3 is 10.1 Å². The van der Waals surface area contributed by atoms with Crippen molar-refractivity contribution < 1.29 is 17.9 Å². The summed E-state index contributed by atoms with van der Waals surface area (Å²) >= 11 is 6.15. The van der Waals surface area contributed by atoms with E-state index >= 15 is 0 Å². The summed E-state index contributed by atoms with van der Waals surface area (Å²) in [5.41, 5.74) is 2.45. The number of ether oxygens (including phenoxy) is 1. The highest BCUT2D eigenvalue weighted by Crippen LogP contribution is 2.31. The number of primary sulfonamides is 1. The molecule has 0 aliphatic rings. The topological polar surface area (TPSA) is 122 Å². The van der Waals surface area contributed by atoms with Crippen LogP contribution in [0, 0.1) is 18.3 Å². The number of nitriles is 1. The van der Waals surface area contributed by atoms with E-state index in [0.717, 1.165) is 5.56 Å². The monoisotopic (exact) mass is 455 g/mol. The van der Waals surface area contributed by atoms with Gasteiger partial charge in [-0.1, -0.05) is 17.7 Å². The molecule has 0 saturated heterocycles. The van der Waals surface area contributed by atoms with Gasteiger partial charge in [0.25, 0.3) is 0 Å². The molecule has 31 heavy (non-hydrogen) atoms. The molecule has 7 nitrogen and oxygen atoms in total. The summed E-state index contributed by atoms with van der Waals surface area (Å²) < 4.78 is 28.5. The van der Waals surface area contributed by atoms with Gasteiger partial charge in [0.1, 0.15) is 11.5 Å². The molecule has 3 rings (SSSR count). The first kappa shape index (κ1) is 22.3. The van der Waals surface area contributed by atoms with Crippen molar-refractivity contribution in [1.82, 2.24) is 0 Å². The van der Waals surface area contributed by atoms with E-state index in [4.69, 9.17) is 26.7 Å². The lowest BCUT2D eigenvalue weighted by Crippen LogP contribution is -2.15. The average Bonchev–Trinajstić information content (AvgIpc) is 2.69. The maximum atomic E-state index is 12.4. The number of halogens is 1. The van der Waals surface area contributed by atoms with Crippen LogP contribution in [0.1, 0.15) is 16.7 Å². The highest BCUT2D eigenvalue weighted by atomic mass is 35.5. The Bertz CT molecular complexity index is 1280. The molecule has 0 saturated carbocycles. The molecule has 0 unspecified atom stereocenters. The molecule has 0 spiro atoms. The number of carbonyl (C=O) groups is 1. The van der Waals surface area contributed by atoms with Crippen LogP contribution in [0.15, 0.2) is 65.6 Å².